The highest BCUT2D eigenvalue weighted by atomic mass is 32.1. The summed E-state index contributed by atoms with van der Waals surface area (Å²) in [4.78, 5) is 3.23. The molecule has 2 N–H and O–H groups in total. The molecule has 0 atom stereocenters. The second-order valence-electron chi connectivity index (χ2n) is 4.15. The van der Waals surface area contributed by atoms with Gasteiger partial charge in [-0.1, -0.05) is 24.3 Å². The van der Waals surface area contributed by atoms with Crippen LogP contribution in [0.4, 0.5) is 0 Å². The van der Waals surface area contributed by atoms with Crippen LogP contribution in [0.2, 0.25) is 0 Å². The van der Waals surface area contributed by atoms with E-state index in [2.05, 4.69) is 17.1 Å². The highest BCUT2D eigenvalue weighted by Crippen LogP contribution is 2.25. The van der Waals surface area contributed by atoms with Crippen molar-refractivity contribution in [3.63, 3.8) is 0 Å². The molecule has 0 radical (unpaired) electrons. The summed E-state index contributed by atoms with van der Waals surface area (Å²) in [5, 5.41) is 9.49. The van der Waals surface area contributed by atoms with Crippen LogP contribution < -0.4 is 0 Å². The van der Waals surface area contributed by atoms with Crippen LogP contribution in [0.5, 0.6) is 5.75 Å². The Kier molecular flexibility index (Phi) is 2.89. The van der Waals surface area contributed by atoms with Crippen LogP contribution in [-0.2, 0) is 6.42 Å². The SMILES string of the molecule is Oc1cccc(Cc2cccc3sc(=S)[nH]c23)c1. The highest BCUT2D eigenvalue weighted by molar-refractivity contribution is 7.73. The number of rotatable bonds is 2. The maximum absolute atomic E-state index is 9.49. The molecular weight excluding hydrogens is 262 g/mol. The Hall–Kier alpha value is -1.65. The number of fused-ring (bicyclic) bond motifs is 1. The fourth-order valence-corrected chi connectivity index (χ4v) is 3.22. The van der Waals surface area contributed by atoms with Crippen molar-refractivity contribution >= 4 is 33.8 Å². The molecule has 0 fully saturated rings. The quantitative estimate of drug-likeness (QED) is 0.685. The average Bonchev–Trinajstić information content (AvgIpc) is 2.71. The van der Waals surface area contributed by atoms with Gasteiger partial charge >= 0.3 is 0 Å². The molecule has 0 saturated heterocycles. The lowest BCUT2D eigenvalue weighted by Gasteiger charge is -2.04. The molecule has 3 aromatic rings. The summed E-state index contributed by atoms with van der Waals surface area (Å²) in [6.07, 6.45) is 0.785. The first-order valence-electron chi connectivity index (χ1n) is 5.61. The topological polar surface area (TPSA) is 36.0 Å². The first kappa shape index (κ1) is 11.4. The molecule has 0 aliphatic carbocycles. The largest absolute Gasteiger partial charge is 0.508 e. The standard InChI is InChI=1S/C14H11NOS2/c16-11-5-1-3-9(8-11)7-10-4-2-6-12-13(10)15-14(17)18-12/h1-6,8,16H,7H2,(H,15,17). The van der Waals surface area contributed by atoms with E-state index in [1.165, 1.54) is 10.3 Å². The first-order valence-corrected chi connectivity index (χ1v) is 6.83. The predicted molar refractivity (Wildman–Crippen MR) is 77.9 cm³/mol. The maximum Gasteiger partial charge on any atom is 0.159 e. The van der Waals surface area contributed by atoms with Gasteiger partial charge in [0.2, 0.25) is 0 Å². The minimum absolute atomic E-state index is 0.304. The number of phenols is 1. The zero-order chi connectivity index (χ0) is 12.5. The van der Waals surface area contributed by atoms with Gasteiger partial charge in [0.15, 0.2) is 3.95 Å². The minimum Gasteiger partial charge on any atom is -0.508 e. The number of thiazole rings is 1. The monoisotopic (exact) mass is 273 g/mol. The third-order valence-corrected chi connectivity index (χ3v) is 4.05. The second-order valence-corrected chi connectivity index (χ2v) is 5.87. The molecule has 0 aliphatic rings. The van der Waals surface area contributed by atoms with Gasteiger partial charge in [-0.25, -0.2) is 0 Å². The number of hydrogen-bond donors (Lipinski definition) is 2. The van der Waals surface area contributed by atoms with Gasteiger partial charge in [-0.2, -0.15) is 0 Å². The van der Waals surface area contributed by atoms with Crippen LogP contribution in [0.1, 0.15) is 11.1 Å². The zero-order valence-electron chi connectivity index (χ0n) is 9.51. The molecule has 0 bridgehead atoms. The Morgan fingerprint density at radius 1 is 1.17 bits per heavy atom. The molecular formula is C14H11NOS2. The van der Waals surface area contributed by atoms with Crippen molar-refractivity contribution in [1.82, 2.24) is 4.98 Å². The van der Waals surface area contributed by atoms with Crippen LogP contribution in [0, 0.1) is 3.95 Å². The summed E-state index contributed by atoms with van der Waals surface area (Å²) >= 11 is 6.77. The number of aromatic hydroxyl groups is 1. The summed E-state index contributed by atoms with van der Waals surface area (Å²) in [5.74, 6) is 0.304. The molecule has 1 heterocycles. The van der Waals surface area contributed by atoms with E-state index in [0.717, 1.165) is 21.5 Å². The Morgan fingerprint density at radius 3 is 2.83 bits per heavy atom. The molecule has 3 rings (SSSR count). The van der Waals surface area contributed by atoms with Gasteiger partial charge in [0.05, 0.1) is 10.2 Å². The van der Waals surface area contributed by atoms with Crippen LogP contribution >= 0.6 is 23.6 Å². The lowest BCUT2D eigenvalue weighted by molar-refractivity contribution is 0.474. The molecule has 2 aromatic carbocycles. The molecule has 90 valence electrons. The zero-order valence-corrected chi connectivity index (χ0v) is 11.1. The lowest BCUT2D eigenvalue weighted by Crippen LogP contribution is -1.89. The van der Waals surface area contributed by atoms with Crippen molar-refractivity contribution in [3.05, 3.63) is 57.5 Å². The number of H-pyrrole nitrogens is 1. The smallest absolute Gasteiger partial charge is 0.159 e. The Morgan fingerprint density at radius 2 is 2.00 bits per heavy atom. The summed E-state index contributed by atoms with van der Waals surface area (Å²) < 4.78 is 1.98. The Balaban J connectivity index is 2.07. The van der Waals surface area contributed by atoms with Crippen molar-refractivity contribution in [2.24, 2.45) is 0 Å². The highest BCUT2D eigenvalue weighted by Gasteiger charge is 2.05. The van der Waals surface area contributed by atoms with E-state index in [-0.39, 0.29) is 0 Å². The molecule has 0 spiro atoms. The number of phenolic OH excluding ortho intramolecular Hbond substituents is 1. The van der Waals surface area contributed by atoms with E-state index in [9.17, 15) is 5.11 Å². The Labute approximate surface area is 114 Å². The lowest BCUT2D eigenvalue weighted by atomic mass is 10.0. The maximum atomic E-state index is 9.49. The third kappa shape index (κ3) is 2.17. The number of nitrogens with one attached hydrogen (secondary N) is 1. The summed E-state index contributed by atoms with van der Waals surface area (Å²) in [5.41, 5.74) is 3.40. The van der Waals surface area contributed by atoms with Gasteiger partial charge in [-0.3, -0.25) is 0 Å². The summed E-state index contributed by atoms with van der Waals surface area (Å²) in [6, 6.07) is 13.5. The summed E-state index contributed by atoms with van der Waals surface area (Å²) in [7, 11) is 0. The minimum atomic E-state index is 0.304. The van der Waals surface area contributed by atoms with Crippen molar-refractivity contribution < 1.29 is 5.11 Å². The van der Waals surface area contributed by atoms with Gasteiger partial charge in [0.1, 0.15) is 5.75 Å². The predicted octanol–water partition coefficient (Wildman–Crippen LogP) is 4.26. The van der Waals surface area contributed by atoms with E-state index in [4.69, 9.17) is 12.2 Å². The van der Waals surface area contributed by atoms with Crippen LogP contribution in [0.3, 0.4) is 0 Å². The van der Waals surface area contributed by atoms with Crippen LogP contribution in [0.15, 0.2) is 42.5 Å². The van der Waals surface area contributed by atoms with E-state index in [1.807, 2.05) is 18.2 Å². The van der Waals surface area contributed by atoms with E-state index < -0.39 is 0 Å². The van der Waals surface area contributed by atoms with Gasteiger partial charge in [-0.15, -0.1) is 11.3 Å². The van der Waals surface area contributed by atoms with E-state index in [1.54, 1.807) is 23.5 Å². The van der Waals surface area contributed by atoms with Crippen molar-refractivity contribution in [1.29, 1.82) is 0 Å². The number of para-hydroxylation sites is 1. The van der Waals surface area contributed by atoms with Crippen molar-refractivity contribution in [3.8, 4) is 5.75 Å². The number of hydrogen-bond acceptors (Lipinski definition) is 3. The van der Waals surface area contributed by atoms with Gasteiger partial charge < -0.3 is 10.1 Å². The molecule has 4 heteroatoms. The fraction of sp³-hybridized carbons (Fsp3) is 0.0714. The van der Waals surface area contributed by atoms with Gasteiger partial charge in [-0.05, 0) is 48.0 Å². The Bertz CT molecular complexity index is 758. The van der Waals surface area contributed by atoms with Crippen molar-refractivity contribution in [2.75, 3.05) is 0 Å². The second kappa shape index (κ2) is 4.55. The molecule has 1 aromatic heterocycles. The third-order valence-electron chi connectivity index (χ3n) is 2.85. The molecule has 18 heavy (non-hydrogen) atoms. The first-order chi connectivity index (χ1) is 8.72. The molecule has 0 amide bonds. The number of aromatic nitrogens is 1. The van der Waals surface area contributed by atoms with E-state index >= 15 is 0 Å². The van der Waals surface area contributed by atoms with Crippen LogP contribution in [0.25, 0.3) is 10.2 Å². The van der Waals surface area contributed by atoms with Gasteiger partial charge in [0, 0.05) is 0 Å². The molecule has 0 saturated carbocycles. The fourth-order valence-electron chi connectivity index (χ4n) is 2.06. The average molecular weight is 273 g/mol. The summed E-state index contributed by atoms with van der Waals surface area (Å²) in [6.45, 7) is 0. The normalized spacial score (nSPS) is 10.9. The van der Waals surface area contributed by atoms with E-state index in [0.29, 0.717) is 5.75 Å². The molecule has 0 unspecified atom stereocenters. The van der Waals surface area contributed by atoms with Gasteiger partial charge in [0.25, 0.3) is 0 Å². The number of aromatic amines is 1. The number of benzene rings is 2. The van der Waals surface area contributed by atoms with Crippen molar-refractivity contribution in [2.45, 2.75) is 6.42 Å². The van der Waals surface area contributed by atoms with Crippen LogP contribution in [-0.4, -0.2) is 10.1 Å². The molecule has 2 nitrogen and oxygen atoms in total. The molecule has 0 aliphatic heterocycles.